The van der Waals surface area contributed by atoms with Crippen molar-refractivity contribution in [2.75, 3.05) is 5.32 Å². The van der Waals surface area contributed by atoms with Crippen LogP contribution in [0.25, 0.3) is 0 Å². The number of benzene rings is 1. The Bertz CT molecular complexity index is 889. The van der Waals surface area contributed by atoms with Gasteiger partial charge in [0.2, 0.25) is 0 Å². The number of anilines is 1. The normalized spacial score (nSPS) is 12.0. The molecule has 1 aromatic carbocycles. The van der Waals surface area contributed by atoms with Crippen LogP contribution in [-0.2, 0) is 10.0 Å². The molecule has 0 unspecified atom stereocenters. The summed E-state index contributed by atoms with van der Waals surface area (Å²) in [4.78, 5) is 12.5. The van der Waals surface area contributed by atoms with Crippen molar-refractivity contribution in [2.45, 2.75) is 64.4 Å². The van der Waals surface area contributed by atoms with E-state index in [1.807, 2.05) is 59.7 Å². The van der Waals surface area contributed by atoms with Gasteiger partial charge >= 0.3 is 6.03 Å². The highest BCUT2D eigenvalue weighted by Crippen LogP contribution is 2.32. The van der Waals surface area contributed by atoms with Gasteiger partial charge in [-0.2, -0.15) is 13.5 Å². The van der Waals surface area contributed by atoms with Gasteiger partial charge in [0.25, 0.3) is 10.0 Å². The monoisotopic (exact) mass is 392 g/mol. The first kappa shape index (κ1) is 21.0. The zero-order valence-electron chi connectivity index (χ0n) is 16.6. The zero-order valence-corrected chi connectivity index (χ0v) is 17.5. The molecule has 7 nitrogen and oxygen atoms in total. The maximum atomic E-state index is 12.5. The van der Waals surface area contributed by atoms with Crippen molar-refractivity contribution in [2.24, 2.45) is 0 Å². The lowest BCUT2D eigenvalue weighted by Crippen LogP contribution is -2.35. The Labute approximate surface area is 161 Å². The van der Waals surface area contributed by atoms with Crippen molar-refractivity contribution < 1.29 is 13.2 Å². The molecule has 0 bridgehead atoms. The Morgan fingerprint density at radius 1 is 1.00 bits per heavy atom. The third kappa shape index (κ3) is 4.88. The molecule has 0 saturated heterocycles. The molecule has 0 aliphatic heterocycles. The lowest BCUT2D eigenvalue weighted by molar-refractivity contribution is 0.256. The predicted molar refractivity (Wildman–Crippen MR) is 107 cm³/mol. The summed E-state index contributed by atoms with van der Waals surface area (Å²) in [5.74, 6) is 0.356. The van der Waals surface area contributed by atoms with E-state index in [1.165, 1.54) is 10.7 Å². The number of sulfonamides is 1. The van der Waals surface area contributed by atoms with E-state index in [-0.39, 0.29) is 22.9 Å². The number of hydrogen-bond acceptors (Lipinski definition) is 4. The molecule has 2 aromatic rings. The number of hydrogen-bond donors (Lipinski definition) is 2. The van der Waals surface area contributed by atoms with Gasteiger partial charge in [-0.25, -0.2) is 9.52 Å². The first-order valence-electron chi connectivity index (χ1n) is 9.04. The SMILES string of the molecule is CC(C)c1cccc(C(C)C)c1NC(=O)NS(=O)(=O)c1ccn(C(C)C)n1. The summed E-state index contributed by atoms with van der Waals surface area (Å²) in [6, 6.07) is 6.41. The lowest BCUT2D eigenvalue weighted by Gasteiger charge is -2.20. The Kier molecular flexibility index (Phi) is 6.30. The van der Waals surface area contributed by atoms with Crippen molar-refractivity contribution in [3.05, 3.63) is 41.6 Å². The number of nitrogens with zero attached hydrogens (tertiary/aromatic N) is 2. The van der Waals surface area contributed by atoms with Gasteiger partial charge < -0.3 is 5.32 Å². The second kappa shape index (κ2) is 8.12. The van der Waals surface area contributed by atoms with E-state index in [9.17, 15) is 13.2 Å². The van der Waals surface area contributed by atoms with Crippen LogP contribution < -0.4 is 10.0 Å². The van der Waals surface area contributed by atoms with E-state index in [1.54, 1.807) is 6.20 Å². The molecule has 0 atom stereocenters. The summed E-state index contributed by atoms with van der Waals surface area (Å²) < 4.78 is 28.5. The second-order valence-corrected chi connectivity index (χ2v) is 9.04. The van der Waals surface area contributed by atoms with Gasteiger partial charge in [0.1, 0.15) is 0 Å². The zero-order chi connectivity index (χ0) is 20.4. The summed E-state index contributed by atoms with van der Waals surface area (Å²) in [6.07, 6.45) is 1.57. The smallest absolute Gasteiger partial charge is 0.307 e. The molecule has 2 amide bonds. The number of carbonyl (C=O) groups is 1. The highest BCUT2D eigenvalue weighted by atomic mass is 32.2. The van der Waals surface area contributed by atoms with Crippen molar-refractivity contribution in [1.29, 1.82) is 0 Å². The van der Waals surface area contributed by atoms with Crippen molar-refractivity contribution in [3.8, 4) is 0 Å². The summed E-state index contributed by atoms with van der Waals surface area (Å²) in [6.45, 7) is 11.9. The molecule has 1 heterocycles. The maximum absolute atomic E-state index is 12.5. The Hall–Kier alpha value is -2.35. The molecular formula is C19H28N4O3S. The summed E-state index contributed by atoms with van der Waals surface area (Å²) in [7, 11) is -4.05. The number of aromatic nitrogens is 2. The number of rotatable bonds is 6. The standard InChI is InChI=1S/C19H28N4O3S/c1-12(2)15-8-7-9-16(13(3)4)18(15)20-19(24)22-27(25,26)17-10-11-23(21-17)14(5)6/h7-14H,1-6H3,(H2,20,22,24). The summed E-state index contributed by atoms with van der Waals surface area (Å²) >= 11 is 0. The third-order valence-corrected chi connectivity index (χ3v) is 5.45. The summed E-state index contributed by atoms with van der Waals surface area (Å²) in [5.41, 5.74) is 2.57. The fourth-order valence-corrected chi connectivity index (χ4v) is 3.60. The number of amides is 2. The van der Waals surface area contributed by atoms with Crippen molar-refractivity contribution in [3.63, 3.8) is 0 Å². The largest absolute Gasteiger partial charge is 0.333 e. The second-order valence-electron chi connectivity index (χ2n) is 7.41. The molecule has 0 saturated carbocycles. The molecule has 2 rings (SSSR count). The van der Waals surface area contributed by atoms with Gasteiger partial charge in [-0.05, 0) is 42.9 Å². The fraction of sp³-hybridized carbons (Fsp3) is 0.474. The van der Waals surface area contributed by atoms with Crippen molar-refractivity contribution in [1.82, 2.24) is 14.5 Å². The van der Waals surface area contributed by atoms with Crippen LogP contribution in [0.2, 0.25) is 0 Å². The van der Waals surface area contributed by atoms with E-state index in [0.717, 1.165) is 11.1 Å². The van der Waals surface area contributed by atoms with Gasteiger partial charge in [-0.15, -0.1) is 0 Å². The van der Waals surface area contributed by atoms with Crippen LogP contribution in [0.4, 0.5) is 10.5 Å². The van der Waals surface area contributed by atoms with E-state index in [2.05, 4.69) is 15.1 Å². The van der Waals surface area contributed by atoms with Crippen LogP contribution in [0.3, 0.4) is 0 Å². The van der Waals surface area contributed by atoms with E-state index < -0.39 is 16.1 Å². The van der Waals surface area contributed by atoms with Crippen LogP contribution in [0.15, 0.2) is 35.5 Å². The van der Waals surface area contributed by atoms with Gasteiger partial charge in [0.15, 0.2) is 5.03 Å². The summed E-state index contributed by atoms with van der Waals surface area (Å²) in [5, 5.41) is 6.57. The minimum Gasteiger partial charge on any atom is -0.307 e. The quantitative estimate of drug-likeness (QED) is 0.770. The van der Waals surface area contributed by atoms with E-state index in [0.29, 0.717) is 5.69 Å². The topological polar surface area (TPSA) is 93.1 Å². The molecule has 0 spiro atoms. The van der Waals surface area contributed by atoms with Crippen LogP contribution in [0.5, 0.6) is 0 Å². The fourth-order valence-electron chi connectivity index (χ4n) is 2.76. The predicted octanol–water partition coefficient (Wildman–Crippen LogP) is 4.22. The molecule has 148 valence electrons. The van der Waals surface area contributed by atoms with Gasteiger partial charge in [-0.1, -0.05) is 45.9 Å². The minimum atomic E-state index is -4.05. The minimum absolute atomic E-state index is 0.0225. The molecule has 0 aliphatic rings. The molecule has 27 heavy (non-hydrogen) atoms. The Morgan fingerprint density at radius 2 is 1.56 bits per heavy atom. The van der Waals surface area contributed by atoms with Gasteiger partial charge in [0, 0.05) is 17.9 Å². The van der Waals surface area contributed by atoms with Gasteiger partial charge in [-0.3, -0.25) is 4.68 Å². The van der Waals surface area contributed by atoms with E-state index >= 15 is 0 Å². The van der Waals surface area contributed by atoms with Crippen molar-refractivity contribution >= 4 is 21.7 Å². The van der Waals surface area contributed by atoms with Gasteiger partial charge in [0.05, 0.1) is 0 Å². The number of carbonyl (C=O) groups excluding carboxylic acids is 1. The molecule has 0 aliphatic carbocycles. The molecular weight excluding hydrogens is 364 g/mol. The Balaban J connectivity index is 2.27. The molecule has 0 fully saturated rings. The molecule has 8 heteroatoms. The Morgan fingerprint density at radius 3 is 2.00 bits per heavy atom. The molecule has 2 N–H and O–H groups in total. The van der Waals surface area contributed by atoms with Crippen LogP contribution >= 0.6 is 0 Å². The molecule has 0 radical (unpaired) electrons. The maximum Gasteiger partial charge on any atom is 0.333 e. The number of para-hydroxylation sites is 1. The highest BCUT2D eigenvalue weighted by Gasteiger charge is 2.23. The molecule has 1 aromatic heterocycles. The first-order valence-corrected chi connectivity index (χ1v) is 10.5. The lowest BCUT2D eigenvalue weighted by atomic mass is 9.93. The van der Waals surface area contributed by atoms with E-state index in [4.69, 9.17) is 0 Å². The average molecular weight is 393 g/mol. The van der Waals surface area contributed by atoms with Crippen LogP contribution in [0, 0.1) is 0 Å². The number of urea groups is 1. The van der Waals surface area contributed by atoms with Crippen LogP contribution in [-0.4, -0.2) is 24.2 Å². The first-order chi connectivity index (χ1) is 12.5. The highest BCUT2D eigenvalue weighted by molar-refractivity contribution is 7.90. The average Bonchev–Trinajstić information content (AvgIpc) is 3.05. The van der Waals surface area contributed by atoms with Crippen LogP contribution in [0.1, 0.15) is 70.5 Å². The third-order valence-electron chi connectivity index (χ3n) is 4.23. The number of nitrogens with one attached hydrogen (secondary N) is 2.